The summed E-state index contributed by atoms with van der Waals surface area (Å²) in [5, 5.41) is 5.97. The van der Waals surface area contributed by atoms with Crippen molar-refractivity contribution in [3.8, 4) is 0 Å². The minimum absolute atomic E-state index is 0.0549. The number of nitrogens with one attached hydrogen (secondary N) is 2. The predicted molar refractivity (Wildman–Crippen MR) is 92.5 cm³/mol. The van der Waals surface area contributed by atoms with Gasteiger partial charge in [-0.2, -0.15) is 0 Å². The lowest BCUT2D eigenvalue weighted by Gasteiger charge is -2.36. The smallest absolute Gasteiger partial charge is 0.408 e. The summed E-state index contributed by atoms with van der Waals surface area (Å²) in [6, 6.07) is 8.86. The summed E-state index contributed by atoms with van der Waals surface area (Å²) in [5.74, 6) is -0.0549. The Morgan fingerprint density at radius 2 is 1.83 bits per heavy atom. The number of hydrogen-bond donors (Lipinski definition) is 2. The molecule has 0 aromatic heterocycles. The van der Waals surface area contributed by atoms with Gasteiger partial charge >= 0.3 is 6.09 Å². The fraction of sp³-hybridized carbons (Fsp3) is 0.556. The van der Waals surface area contributed by atoms with Crippen molar-refractivity contribution in [2.75, 3.05) is 26.2 Å². The van der Waals surface area contributed by atoms with Gasteiger partial charge in [0.15, 0.2) is 0 Å². The maximum atomic E-state index is 12.8. The molecule has 1 unspecified atom stereocenters. The molecule has 1 atom stereocenters. The van der Waals surface area contributed by atoms with Gasteiger partial charge in [-0.25, -0.2) is 4.79 Å². The van der Waals surface area contributed by atoms with Crippen molar-refractivity contribution in [2.45, 2.75) is 33.4 Å². The lowest BCUT2D eigenvalue weighted by atomic mass is 9.85. The quantitative estimate of drug-likeness (QED) is 0.881. The highest BCUT2D eigenvalue weighted by Crippen LogP contribution is 2.21. The molecule has 2 rings (SSSR count). The molecular formula is C18H27N3O3. The molecule has 0 bridgehead atoms. The highest BCUT2D eigenvalue weighted by Gasteiger charge is 2.36. The van der Waals surface area contributed by atoms with Crippen LogP contribution in [0.3, 0.4) is 0 Å². The van der Waals surface area contributed by atoms with Crippen LogP contribution in [0.25, 0.3) is 0 Å². The summed E-state index contributed by atoms with van der Waals surface area (Å²) in [6.07, 6.45) is -0.567. The molecule has 1 aliphatic rings. The maximum Gasteiger partial charge on any atom is 0.408 e. The van der Waals surface area contributed by atoms with Crippen LogP contribution in [0.2, 0.25) is 0 Å². The number of nitrogens with zero attached hydrogens (tertiary/aromatic N) is 1. The Hall–Kier alpha value is -2.08. The van der Waals surface area contributed by atoms with E-state index in [1.807, 2.05) is 51.1 Å². The Morgan fingerprint density at radius 1 is 1.21 bits per heavy atom. The van der Waals surface area contributed by atoms with Crippen LogP contribution in [-0.4, -0.2) is 49.1 Å². The summed E-state index contributed by atoms with van der Waals surface area (Å²) < 4.78 is 5.26. The van der Waals surface area contributed by atoms with Gasteiger partial charge in [0.2, 0.25) is 5.91 Å². The third-order valence-electron chi connectivity index (χ3n) is 4.02. The number of carbonyl (C=O) groups is 2. The van der Waals surface area contributed by atoms with E-state index in [4.69, 9.17) is 4.74 Å². The Labute approximate surface area is 143 Å². The van der Waals surface area contributed by atoms with Crippen molar-refractivity contribution >= 4 is 12.0 Å². The largest absolute Gasteiger partial charge is 0.445 e. The van der Waals surface area contributed by atoms with E-state index in [0.29, 0.717) is 13.1 Å². The molecule has 0 spiro atoms. The monoisotopic (exact) mass is 333 g/mol. The summed E-state index contributed by atoms with van der Waals surface area (Å²) in [5.41, 5.74) is 0.515. The lowest BCUT2D eigenvalue weighted by Crippen LogP contribution is -2.58. The SMILES string of the molecule is CC(C)(C)C(NC(=O)OCc1ccccc1)C(=O)N1CCNCC1. The first kappa shape index (κ1) is 18.3. The normalized spacial score (nSPS) is 16.4. The van der Waals surface area contributed by atoms with Crippen LogP contribution in [0.4, 0.5) is 4.79 Å². The van der Waals surface area contributed by atoms with Crippen LogP contribution in [-0.2, 0) is 16.1 Å². The molecule has 0 aliphatic carbocycles. The van der Waals surface area contributed by atoms with Gasteiger partial charge in [0.1, 0.15) is 12.6 Å². The minimum atomic E-state index is -0.612. The van der Waals surface area contributed by atoms with Crippen LogP contribution < -0.4 is 10.6 Å². The molecule has 24 heavy (non-hydrogen) atoms. The van der Waals surface area contributed by atoms with E-state index in [1.54, 1.807) is 4.90 Å². The Balaban J connectivity index is 1.95. The maximum absolute atomic E-state index is 12.8. The van der Waals surface area contributed by atoms with E-state index in [2.05, 4.69) is 10.6 Å². The summed E-state index contributed by atoms with van der Waals surface area (Å²) in [7, 11) is 0. The topological polar surface area (TPSA) is 70.7 Å². The third-order valence-corrected chi connectivity index (χ3v) is 4.02. The van der Waals surface area contributed by atoms with Gasteiger partial charge in [-0.1, -0.05) is 51.1 Å². The predicted octanol–water partition coefficient (Wildman–Crippen LogP) is 1.76. The first-order valence-corrected chi connectivity index (χ1v) is 8.34. The number of rotatable bonds is 4. The molecule has 0 radical (unpaired) electrons. The van der Waals surface area contributed by atoms with Crippen molar-refractivity contribution in [1.29, 1.82) is 0 Å². The molecule has 1 heterocycles. The zero-order valence-electron chi connectivity index (χ0n) is 14.7. The van der Waals surface area contributed by atoms with E-state index in [0.717, 1.165) is 18.7 Å². The fourth-order valence-corrected chi connectivity index (χ4v) is 2.60. The minimum Gasteiger partial charge on any atom is -0.445 e. The van der Waals surface area contributed by atoms with Gasteiger partial charge in [-0.05, 0) is 11.0 Å². The number of ether oxygens (including phenoxy) is 1. The van der Waals surface area contributed by atoms with E-state index in [1.165, 1.54) is 0 Å². The first-order valence-electron chi connectivity index (χ1n) is 8.34. The number of carbonyl (C=O) groups excluding carboxylic acids is 2. The highest BCUT2D eigenvalue weighted by molar-refractivity contribution is 5.86. The second-order valence-corrected chi connectivity index (χ2v) is 7.08. The van der Waals surface area contributed by atoms with Crippen molar-refractivity contribution in [3.05, 3.63) is 35.9 Å². The molecule has 132 valence electrons. The second-order valence-electron chi connectivity index (χ2n) is 7.08. The number of alkyl carbamates (subject to hydrolysis) is 1. The zero-order valence-corrected chi connectivity index (χ0v) is 14.7. The summed E-state index contributed by atoms with van der Waals surface area (Å²) in [4.78, 5) is 26.7. The van der Waals surface area contributed by atoms with Crippen LogP contribution in [0, 0.1) is 5.41 Å². The number of piperazine rings is 1. The number of amides is 2. The molecule has 6 nitrogen and oxygen atoms in total. The third kappa shape index (κ3) is 5.23. The molecule has 1 aliphatic heterocycles. The molecule has 1 fully saturated rings. The zero-order chi connectivity index (χ0) is 17.6. The van der Waals surface area contributed by atoms with E-state index in [-0.39, 0.29) is 12.5 Å². The van der Waals surface area contributed by atoms with Gasteiger partial charge < -0.3 is 20.3 Å². The van der Waals surface area contributed by atoms with E-state index in [9.17, 15) is 9.59 Å². The molecule has 2 amide bonds. The van der Waals surface area contributed by atoms with Crippen molar-refractivity contribution in [3.63, 3.8) is 0 Å². The van der Waals surface area contributed by atoms with Gasteiger partial charge in [-0.3, -0.25) is 4.79 Å². The van der Waals surface area contributed by atoms with Crippen molar-refractivity contribution < 1.29 is 14.3 Å². The molecule has 1 aromatic carbocycles. The average molecular weight is 333 g/mol. The van der Waals surface area contributed by atoms with Gasteiger partial charge in [-0.15, -0.1) is 0 Å². The van der Waals surface area contributed by atoms with Crippen LogP contribution >= 0.6 is 0 Å². The first-order chi connectivity index (χ1) is 11.4. The fourth-order valence-electron chi connectivity index (χ4n) is 2.60. The Bertz CT molecular complexity index is 548. The molecule has 2 N–H and O–H groups in total. The van der Waals surface area contributed by atoms with E-state index < -0.39 is 17.6 Å². The van der Waals surface area contributed by atoms with Gasteiger partial charge in [0, 0.05) is 26.2 Å². The van der Waals surface area contributed by atoms with Crippen LogP contribution in [0.1, 0.15) is 26.3 Å². The molecule has 1 saturated heterocycles. The molecule has 0 saturated carbocycles. The summed E-state index contributed by atoms with van der Waals surface area (Å²) in [6.45, 7) is 8.88. The highest BCUT2D eigenvalue weighted by atomic mass is 16.5. The van der Waals surface area contributed by atoms with E-state index >= 15 is 0 Å². The van der Waals surface area contributed by atoms with Crippen LogP contribution in [0.5, 0.6) is 0 Å². The van der Waals surface area contributed by atoms with Crippen LogP contribution in [0.15, 0.2) is 30.3 Å². The Kier molecular flexibility index (Phi) is 6.20. The molecule has 1 aromatic rings. The Morgan fingerprint density at radius 3 is 2.42 bits per heavy atom. The van der Waals surface area contributed by atoms with Crippen molar-refractivity contribution in [2.24, 2.45) is 5.41 Å². The lowest BCUT2D eigenvalue weighted by molar-refractivity contribution is -0.136. The number of benzene rings is 1. The van der Waals surface area contributed by atoms with Gasteiger partial charge in [0.25, 0.3) is 0 Å². The van der Waals surface area contributed by atoms with Crippen molar-refractivity contribution in [1.82, 2.24) is 15.5 Å². The second kappa shape index (κ2) is 8.15. The van der Waals surface area contributed by atoms with Gasteiger partial charge in [0.05, 0.1) is 0 Å². The summed E-state index contributed by atoms with van der Waals surface area (Å²) >= 11 is 0. The standard InChI is InChI=1S/C18H27N3O3/c1-18(2,3)15(16(22)21-11-9-19-10-12-21)20-17(23)24-13-14-7-5-4-6-8-14/h4-8,15,19H,9-13H2,1-3H3,(H,20,23). The number of hydrogen-bond acceptors (Lipinski definition) is 4. The average Bonchev–Trinajstić information content (AvgIpc) is 2.58. The molecule has 6 heteroatoms. The molecular weight excluding hydrogens is 306 g/mol.